The van der Waals surface area contributed by atoms with Crippen LogP contribution in [0.15, 0.2) is 24.3 Å². The average molecular weight is 275 g/mol. The highest BCUT2D eigenvalue weighted by Gasteiger charge is 2.09. The van der Waals surface area contributed by atoms with Crippen LogP contribution < -0.4 is 5.32 Å². The van der Waals surface area contributed by atoms with E-state index in [0.29, 0.717) is 6.04 Å². The van der Waals surface area contributed by atoms with Gasteiger partial charge >= 0.3 is 0 Å². The minimum absolute atomic E-state index is 0.538. The van der Waals surface area contributed by atoms with Crippen LogP contribution in [0.2, 0.25) is 0 Å². The molecule has 0 aromatic heterocycles. The van der Waals surface area contributed by atoms with Gasteiger partial charge in [-0.15, -0.1) is 0 Å². The van der Waals surface area contributed by atoms with Gasteiger partial charge in [-0.2, -0.15) is 0 Å². The quantitative estimate of drug-likeness (QED) is 0.504. The highest BCUT2D eigenvalue weighted by Crippen LogP contribution is 2.21. The Labute approximate surface area is 126 Å². The summed E-state index contributed by atoms with van der Waals surface area (Å²) >= 11 is 0. The lowest BCUT2D eigenvalue weighted by Crippen LogP contribution is -2.20. The van der Waals surface area contributed by atoms with E-state index in [4.69, 9.17) is 0 Å². The Morgan fingerprint density at radius 3 is 2.30 bits per heavy atom. The van der Waals surface area contributed by atoms with Gasteiger partial charge in [-0.3, -0.25) is 0 Å². The molecule has 1 aromatic carbocycles. The third-order valence-corrected chi connectivity index (χ3v) is 3.99. The third kappa shape index (κ3) is 7.09. The van der Waals surface area contributed by atoms with Crippen molar-refractivity contribution in [1.82, 2.24) is 5.32 Å². The molecule has 0 aliphatic rings. The van der Waals surface area contributed by atoms with Crippen molar-refractivity contribution in [2.45, 2.75) is 78.2 Å². The molecule has 0 radical (unpaired) electrons. The second-order valence-corrected chi connectivity index (χ2v) is 5.93. The average Bonchev–Trinajstić information content (AvgIpc) is 2.45. The van der Waals surface area contributed by atoms with E-state index in [1.807, 2.05) is 0 Å². The smallest absolute Gasteiger partial charge is 0.0320 e. The van der Waals surface area contributed by atoms with Crippen molar-refractivity contribution in [3.05, 3.63) is 35.4 Å². The molecule has 0 fully saturated rings. The molecule has 1 atom stereocenters. The summed E-state index contributed by atoms with van der Waals surface area (Å²) in [6.45, 7) is 7.71. The lowest BCUT2D eigenvalue weighted by molar-refractivity contribution is 0.475. The monoisotopic (exact) mass is 275 g/mol. The molecule has 0 saturated carbocycles. The van der Waals surface area contributed by atoms with Gasteiger partial charge in [-0.1, -0.05) is 88.6 Å². The minimum atomic E-state index is 0.538. The molecule has 114 valence electrons. The van der Waals surface area contributed by atoms with E-state index >= 15 is 0 Å². The molecule has 1 rings (SSSR count). The summed E-state index contributed by atoms with van der Waals surface area (Å²) < 4.78 is 0. The predicted octanol–water partition coefficient (Wildman–Crippen LogP) is 5.79. The van der Waals surface area contributed by atoms with Crippen LogP contribution in [0.3, 0.4) is 0 Å². The van der Waals surface area contributed by atoms with Crippen LogP contribution >= 0.6 is 0 Å². The van der Waals surface area contributed by atoms with Crippen molar-refractivity contribution in [1.29, 1.82) is 0 Å². The molecule has 20 heavy (non-hydrogen) atoms. The van der Waals surface area contributed by atoms with E-state index < -0.39 is 0 Å². The zero-order chi connectivity index (χ0) is 14.6. The largest absolute Gasteiger partial charge is 0.310 e. The lowest BCUT2D eigenvalue weighted by atomic mass is 9.98. The molecule has 1 nitrogen and oxygen atoms in total. The zero-order valence-corrected chi connectivity index (χ0v) is 13.8. The summed E-state index contributed by atoms with van der Waals surface area (Å²) in [6.07, 6.45) is 11.0. The number of aryl methyl sites for hydroxylation is 1. The summed E-state index contributed by atoms with van der Waals surface area (Å²) in [4.78, 5) is 0. The molecule has 0 aliphatic carbocycles. The number of hydrogen-bond acceptors (Lipinski definition) is 1. The van der Waals surface area contributed by atoms with Gasteiger partial charge in [0.2, 0.25) is 0 Å². The van der Waals surface area contributed by atoms with Crippen molar-refractivity contribution in [3.63, 3.8) is 0 Å². The fraction of sp³-hybridized carbons (Fsp3) is 0.684. The van der Waals surface area contributed by atoms with Gasteiger partial charge in [0.05, 0.1) is 0 Å². The lowest BCUT2D eigenvalue weighted by Gasteiger charge is -2.19. The minimum Gasteiger partial charge on any atom is -0.310 e. The van der Waals surface area contributed by atoms with Gasteiger partial charge in [0.15, 0.2) is 0 Å². The topological polar surface area (TPSA) is 12.0 Å². The van der Waals surface area contributed by atoms with Crippen LogP contribution in [-0.2, 0) is 0 Å². The number of nitrogens with one attached hydrogen (secondary N) is 1. The standard InChI is InChI=1S/C19H33N/c1-4-6-7-8-9-10-11-15-19(20-5-2)18-14-12-13-17(3)16-18/h12-14,16,19-20H,4-11,15H2,1-3H3. The Kier molecular flexibility index (Phi) is 9.40. The normalized spacial score (nSPS) is 12.6. The third-order valence-electron chi connectivity index (χ3n) is 3.99. The van der Waals surface area contributed by atoms with Crippen molar-refractivity contribution in [3.8, 4) is 0 Å². The molecule has 0 amide bonds. The van der Waals surface area contributed by atoms with E-state index in [-0.39, 0.29) is 0 Å². The summed E-state index contributed by atoms with van der Waals surface area (Å²) in [7, 11) is 0. The van der Waals surface area contributed by atoms with Crippen LogP contribution in [0.4, 0.5) is 0 Å². The molecule has 1 unspecified atom stereocenters. The van der Waals surface area contributed by atoms with Gasteiger partial charge in [0, 0.05) is 6.04 Å². The first-order valence-corrected chi connectivity index (χ1v) is 8.57. The predicted molar refractivity (Wildman–Crippen MR) is 90.2 cm³/mol. The molecular formula is C19H33N. The Hall–Kier alpha value is -0.820. The molecule has 0 saturated heterocycles. The Morgan fingerprint density at radius 1 is 0.950 bits per heavy atom. The number of hydrogen-bond donors (Lipinski definition) is 1. The van der Waals surface area contributed by atoms with Crippen LogP contribution in [-0.4, -0.2) is 6.54 Å². The van der Waals surface area contributed by atoms with E-state index in [0.717, 1.165) is 6.54 Å². The number of unbranched alkanes of at least 4 members (excludes halogenated alkanes) is 6. The second kappa shape index (κ2) is 10.9. The molecular weight excluding hydrogens is 242 g/mol. The van der Waals surface area contributed by atoms with Gasteiger partial charge in [0.25, 0.3) is 0 Å². The van der Waals surface area contributed by atoms with Gasteiger partial charge in [0.1, 0.15) is 0 Å². The van der Waals surface area contributed by atoms with Crippen LogP contribution in [0.5, 0.6) is 0 Å². The fourth-order valence-electron chi connectivity index (χ4n) is 2.83. The summed E-state index contributed by atoms with van der Waals surface area (Å²) in [5, 5.41) is 3.64. The first kappa shape index (κ1) is 17.2. The van der Waals surface area contributed by atoms with Gasteiger partial charge in [-0.05, 0) is 25.5 Å². The molecule has 0 bridgehead atoms. The van der Waals surface area contributed by atoms with E-state index in [9.17, 15) is 0 Å². The molecule has 0 heterocycles. The molecule has 1 heteroatoms. The van der Waals surface area contributed by atoms with Crippen LogP contribution in [0.25, 0.3) is 0 Å². The summed E-state index contributed by atoms with van der Waals surface area (Å²) in [5.74, 6) is 0. The van der Waals surface area contributed by atoms with Crippen molar-refractivity contribution in [2.75, 3.05) is 6.54 Å². The Bertz CT molecular complexity index is 345. The van der Waals surface area contributed by atoms with Crippen molar-refractivity contribution >= 4 is 0 Å². The van der Waals surface area contributed by atoms with Gasteiger partial charge < -0.3 is 5.32 Å². The maximum atomic E-state index is 3.64. The molecule has 0 spiro atoms. The highest BCUT2D eigenvalue weighted by molar-refractivity contribution is 5.25. The SMILES string of the molecule is CCCCCCCCCC(NCC)c1cccc(C)c1. The maximum Gasteiger partial charge on any atom is 0.0320 e. The first-order chi connectivity index (χ1) is 9.77. The molecule has 1 N–H and O–H groups in total. The summed E-state index contributed by atoms with van der Waals surface area (Å²) in [5.41, 5.74) is 2.82. The van der Waals surface area contributed by atoms with Crippen molar-refractivity contribution in [2.24, 2.45) is 0 Å². The van der Waals surface area contributed by atoms with Crippen LogP contribution in [0.1, 0.15) is 82.4 Å². The second-order valence-electron chi connectivity index (χ2n) is 5.93. The van der Waals surface area contributed by atoms with Crippen molar-refractivity contribution < 1.29 is 0 Å². The summed E-state index contributed by atoms with van der Waals surface area (Å²) in [6, 6.07) is 9.49. The van der Waals surface area contributed by atoms with Gasteiger partial charge in [-0.25, -0.2) is 0 Å². The fourth-order valence-corrected chi connectivity index (χ4v) is 2.83. The first-order valence-electron chi connectivity index (χ1n) is 8.57. The van der Waals surface area contributed by atoms with E-state index in [2.05, 4.69) is 50.4 Å². The van der Waals surface area contributed by atoms with E-state index in [1.54, 1.807) is 0 Å². The van der Waals surface area contributed by atoms with Crippen LogP contribution in [0, 0.1) is 6.92 Å². The highest BCUT2D eigenvalue weighted by atomic mass is 14.9. The number of rotatable bonds is 11. The number of benzene rings is 1. The maximum absolute atomic E-state index is 3.64. The Balaban J connectivity index is 2.29. The molecule has 1 aromatic rings. The molecule has 0 aliphatic heterocycles. The van der Waals surface area contributed by atoms with E-state index in [1.165, 1.54) is 62.5 Å². The Morgan fingerprint density at radius 2 is 1.65 bits per heavy atom. The zero-order valence-electron chi connectivity index (χ0n) is 13.8.